The van der Waals surface area contributed by atoms with Crippen LogP contribution in [0, 0.1) is 5.82 Å². The van der Waals surface area contributed by atoms with Crippen LogP contribution in [0.2, 0.25) is 0 Å². The molecule has 1 saturated heterocycles. The van der Waals surface area contributed by atoms with Crippen LogP contribution in [-0.2, 0) is 6.54 Å². The molecule has 1 unspecified atom stereocenters. The van der Waals surface area contributed by atoms with Crippen LogP contribution < -0.4 is 0 Å². The fourth-order valence-corrected chi connectivity index (χ4v) is 3.71. The van der Waals surface area contributed by atoms with Gasteiger partial charge in [0.15, 0.2) is 0 Å². The van der Waals surface area contributed by atoms with Gasteiger partial charge in [-0.25, -0.2) is 4.39 Å². The van der Waals surface area contributed by atoms with Crippen LogP contribution in [0.3, 0.4) is 0 Å². The van der Waals surface area contributed by atoms with Crippen LogP contribution in [-0.4, -0.2) is 21.6 Å². The van der Waals surface area contributed by atoms with Gasteiger partial charge in [0.2, 0.25) is 5.89 Å². The van der Waals surface area contributed by atoms with Crippen molar-refractivity contribution in [3.05, 3.63) is 59.0 Å². The molecule has 3 aromatic rings. The number of aromatic nitrogens is 2. The maximum Gasteiger partial charge on any atom is 0.257 e. The highest BCUT2D eigenvalue weighted by atomic mass is 32.1. The van der Waals surface area contributed by atoms with Gasteiger partial charge in [-0.05, 0) is 48.5 Å². The van der Waals surface area contributed by atoms with Crippen molar-refractivity contribution in [2.75, 3.05) is 6.54 Å². The number of hydrogen-bond donors (Lipinski definition) is 0. The van der Waals surface area contributed by atoms with E-state index in [1.54, 1.807) is 11.3 Å². The summed E-state index contributed by atoms with van der Waals surface area (Å²) in [6.07, 6.45) is 2.19. The molecule has 0 N–H and O–H groups in total. The third-order valence-corrected chi connectivity index (χ3v) is 5.01. The molecule has 4 nitrogen and oxygen atoms in total. The summed E-state index contributed by atoms with van der Waals surface area (Å²) in [5, 5.41) is 10.3. The predicted molar refractivity (Wildman–Crippen MR) is 86.4 cm³/mol. The van der Waals surface area contributed by atoms with Crippen LogP contribution >= 0.6 is 11.3 Å². The van der Waals surface area contributed by atoms with Crippen molar-refractivity contribution >= 4 is 11.3 Å². The molecule has 1 aliphatic rings. The summed E-state index contributed by atoms with van der Waals surface area (Å²) in [6.45, 7) is 1.61. The molecule has 0 amide bonds. The van der Waals surface area contributed by atoms with Crippen LogP contribution in [0.15, 0.2) is 46.2 Å². The van der Waals surface area contributed by atoms with Crippen LogP contribution in [0.25, 0.3) is 10.8 Å². The Balaban J connectivity index is 1.50. The van der Waals surface area contributed by atoms with Crippen LogP contribution in [0.1, 0.15) is 30.3 Å². The fraction of sp³-hybridized carbons (Fsp3) is 0.294. The Morgan fingerprint density at radius 3 is 2.87 bits per heavy atom. The average molecular weight is 329 g/mol. The lowest BCUT2D eigenvalue weighted by atomic mass is 10.0. The summed E-state index contributed by atoms with van der Waals surface area (Å²) in [5.74, 6) is 1.01. The normalized spacial score (nSPS) is 18.6. The van der Waals surface area contributed by atoms with Crippen LogP contribution in [0.5, 0.6) is 0 Å². The lowest BCUT2D eigenvalue weighted by Crippen LogP contribution is -2.22. The van der Waals surface area contributed by atoms with Crippen molar-refractivity contribution in [3.8, 4) is 10.8 Å². The minimum absolute atomic E-state index is 0.198. The van der Waals surface area contributed by atoms with Gasteiger partial charge in [-0.15, -0.1) is 21.5 Å². The zero-order valence-electron chi connectivity index (χ0n) is 12.5. The number of halogens is 1. The highest BCUT2D eigenvalue weighted by molar-refractivity contribution is 7.13. The van der Waals surface area contributed by atoms with Gasteiger partial charge in [-0.1, -0.05) is 18.2 Å². The molecule has 0 spiro atoms. The van der Waals surface area contributed by atoms with E-state index >= 15 is 0 Å². The van der Waals surface area contributed by atoms with E-state index in [4.69, 9.17) is 4.42 Å². The molecule has 0 bridgehead atoms. The van der Waals surface area contributed by atoms with E-state index in [0.717, 1.165) is 29.8 Å². The molecule has 118 valence electrons. The SMILES string of the molecule is Fc1ccc(C2CCCN2Cc2nnc(-c3cccs3)o2)cc1. The summed E-state index contributed by atoms with van der Waals surface area (Å²) in [4.78, 5) is 3.30. The number of nitrogens with zero attached hydrogens (tertiary/aromatic N) is 3. The Morgan fingerprint density at radius 1 is 1.22 bits per heavy atom. The molecule has 6 heteroatoms. The van der Waals surface area contributed by atoms with Gasteiger partial charge in [-0.3, -0.25) is 4.90 Å². The van der Waals surface area contributed by atoms with Crippen molar-refractivity contribution in [3.63, 3.8) is 0 Å². The molecule has 23 heavy (non-hydrogen) atoms. The number of benzene rings is 1. The molecule has 1 fully saturated rings. The first-order chi connectivity index (χ1) is 11.3. The van der Waals surface area contributed by atoms with Gasteiger partial charge in [-0.2, -0.15) is 0 Å². The monoisotopic (exact) mass is 329 g/mol. The Bertz CT molecular complexity index is 770. The van der Waals surface area contributed by atoms with E-state index in [2.05, 4.69) is 15.1 Å². The van der Waals surface area contributed by atoms with E-state index in [0.29, 0.717) is 18.3 Å². The minimum atomic E-state index is -0.198. The maximum absolute atomic E-state index is 13.1. The Hall–Kier alpha value is -2.05. The summed E-state index contributed by atoms with van der Waals surface area (Å²) in [7, 11) is 0. The highest BCUT2D eigenvalue weighted by Gasteiger charge is 2.27. The van der Waals surface area contributed by atoms with Crippen molar-refractivity contribution in [1.29, 1.82) is 0 Å². The number of thiophene rings is 1. The van der Waals surface area contributed by atoms with E-state index in [9.17, 15) is 4.39 Å². The zero-order valence-corrected chi connectivity index (χ0v) is 13.3. The molecule has 0 saturated carbocycles. The second-order valence-electron chi connectivity index (χ2n) is 5.66. The molecule has 4 rings (SSSR count). The van der Waals surface area contributed by atoms with Gasteiger partial charge >= 0.3 is 0 Å². The number of hydrogen-bond acceptors (Lipinski definition) is 5. The highest BCUT2D eigenvalue weighted by Crippen LogP contribution is 2.33. The van der Waals surface area contributed by atoms with E-state index in [1.165, 1.54) is 12.1 Å². The number of likely N-dealkylation sites (tertiary alicyclic amines) is 1. The molecule has 1 aromatic carbocycles. The fourth-order valence-electron chi connectivity index (χ4n) is 3.07. The van der Waals surface area contributed by atoms with E-state index in [1.807, 2.05) is 29.6 Å². The van der Waals surface area contributed by atoms with Gasteiger partial charge in [0.25, 0.3) is 5.89 Å². The summed E-state index contributed by atoms with van der Waals surface area (Å²) in [5.41, 5.74) is 1.14. The topological polar surface area (TPSA) is 42.2 Å². The van der Waals surface area contributed by atoms with Gasteiger partial charge in [0.05, 0.1) is 11.4 Å². The Kier molecular flexibility index (Phi) is 3.93. The molecule has 2 aromatic heterocycles. The number of rotatable bonds is 4. The van der Waals surface area contributed by atoms with Gasteiger partial charge in [0.1, 0.15) is 5.82 Å². The van der Waals surface area contributed by atoms with Crippen LogP contribution in [0.4, 0.5) is 4.39 Å². The Morgan fingerprint density at radius 2 is 2.09 bits per heavy atom. The van der Waals surface area contributed by atoms with Gasteiger partial charge < -0.3 is 4.42 Å². The first-order valence-corrected chi connectivity index (χ1v) is 8.53. The molecular weight excluding hydrogens is 313 g/mol. The summed E-state index contributed by atoms with van der Waals surface area (Å²) in [6, 6.07) is 11.0. The van der Waals surface area contributed by atoms with Gasteiger partial charge in [0, 0.05) is 6.04 Å². The average Bonchev–Trinajstić information content (AvgIpc) is 3.29. The van der Waals surface area contributed by atoms with Crippen molar-refractivity contribution < 1.29 is 8.81 Å². The molecule has 1 atom stereocenters. The molecule has 1 aliphatic heterocycles. The predicted octanol–water partition coefficient (Wildman–Crippen LogP) is 4.27. The zero-order chi connectivity index (χ0) is 15.6. The molecule has 0 radical (unpaired) electrons. The van der Waals surface area contributed by atoms with E-state index < -0.39 is 0 Å². The third kappa shape index (κ3) is 3.04. The van der Waals surface area contributed by atoms with E-state index in [-0.39, 0.29) is 11.9 Å². The second-order valence-corrected chi connectivity index (χ2v) is 6.61. The smallest absolute Gasteiger partial charge is 0.257 e. The molecule has 0 aliphatic carbocycles. The lowest BCUT2D eigenvalue weighted by Gasteiger charge is -2.23. The first-order valence-electron chi connectivity index (χ1n) is 7.65. The largest absolute Gasteiger partial charge is 0.419 e. The third-order valence-electron chi connectivity index (χ3n) is 4.16. The maximum atomic E-state index is 13.1. The standard InChI is InChI=1S/C17H16FN3OS/c18-13-7-5-12(6-8-13)14-3-1-9-21(14)11-16-19-20-17(22-16)15-4-2-10-23-15/h2,4-8,10,14H,1,3,9,11H2. The lowest BCUT2D eigenvalue weighted by molar-refractivity contribution is 0.224. The summed E-state index contributed by atoms with van der Waals surface area (Å²) < 4.78 is 18.9. The van der Waals surface area contributed by atoms with Crippen molar-refractivity contribution in [2.24, 2.45) is 0 Å². The van der Waals surface area contributed by atoms with Crippen molar-refractivity contribution in [1.82, 2.24) is 15.1 Å². The molecular formula is C17H16FN3OS. The second kappa shape index (κ2) is 6.22. The first kappa shape index (κ1) is 14.5. The molecule has 3 heterocycles. The quantitative estimate of drug-likeness (QED) is 0.717. The minimum Gasteiger partial charge on any atom is -0.419 e. The van der Waals surface area contributed by atoms with Crippen molar-refractivity contribution in [2.45, 2.75) is 25.4 Å². The summed E-state index contributed by atoms with van der Waals surface area (Å²) >= 11 is 1.59. The Labute approximate surface area is 137 Å².